The van der Waals surface area contributed by atoms with Crippen molar-refractivity contribution in [2.45, 2.75) is 24.2 Å². The Morgan fingerprint density at radius 2 is 1.82 bits per heavy atom. The molecule has 1 aliphatic heterocycles. The van der Waals surface area contributed by atoms with E-state index >= 15 is 0 Å². The van der Waals surface area contributed by atoms with Gasteiger partial charge in [-0.15, -0.1) is 0 Å². The van der Waals surface area contributed by atoms with Crippen molar-refractivity contribution >= 4 is 27.4 Å². The highest BCUT2D eigenvalue weighted by Gasteiger charge is 2.34. The van der Waals surface area contributed by atoms with Crippen LogP contribution in [0.4, 0.5) is 5.69 Å². The van der Waals surface area contributed by atoms with Gasteiger partial charge < -0.3 is 4.74 Å². The van der Waals surface area contributed by atoms with Crippen molar-refractivity contribution in [2.24, 2.45) is 5.10 Å². The van der Waals surface area contributed by atoms with Crippen LogP contribution in [-0.2, 0) is 14.8 Å². The summed E-state index contributed by atoms with van der Waals surface area (Å²) in [6.45, 7) is 1.83. The maximum atomic E-state index is 12.7. The van der Waals surface area contributed by atoms with E-state index in [1.54, 1.807) is 42.5 Å². The number of nitro benzene ring substituents is 1. The summed E-state index contributed by atoms with van der Waals surface area (Å²) in [5.74, 6) is -0.815. The molecule has 0 spiro atoms. The minimum Gasteiger partial charge on any atom is -0.426 e. The van der Waals surface area contributed by atoms with Crippen molar-refractivity contribution in [3.05, 3.63) is 99.6 Å². The van der Waals surface area contributed by atoms with Crippen LogP contribution in [0.5, 0.6) is 5.75 Å². The average Bonchev–Trinajstić information content (AvgIpc) is 3.11. The number of rotatable bonds is 7. The zero-order chi connectivity index (χ0) is 23.6. The van der Waals surface area contributed by atoms with Gasteiger partial charge in [0, 0.05) is 29.7 Å². The second kappa shape index (κ2) is 8.83. The van der Waals surface area contributed by atoms with Gasteiger partial charge in [-0.3, -0.25) is 14.9 Å². The standard InChI is InChI=1S/C23H19N3O6S/c1-15-9-11-18(12-10-15)33(30,31)25-24-21(16-5-4-6-17(13-16)26(28)29)14-20-19-7-2-3-8-22(19)32-23(20)27/h2-13,20,25H,14H2,1H3. The number of hydrogen-bond donors (Lipinski definition) is 1. The number of hydrogen-bond acceptors (Lipinski definition) is 7. The van der Waals surface area contributed by atoms with Gasteiger partial charge in [0.15, 0.2) is 0 Å². The number of non-ortho nitro benzene ring substituents is 1. The maximum absolute atomic E-state index is 12.7. The van der Waals surface area contributed by atoms with Crippen molar-refractivity contribution in [3.8, 4) is 5.75 Å². The van der Waals surface area contributed by atoms with Gasteiger partial charge in [0.05, 0.1) is 21.4 Å². The number of carbonyl (C=O) groups excluding carboxylic acids is 1. The Morgan fingerprint density at radius 1 is 1.09 bits per heavy atom. The minimum atomic E-state index is -4.00. The van der Waals surface area contributed by atoms with Gasteiger partial charge in [-0.1, -0.05) is 48.0 Å². The Bertz CT molecular complexity index is 1370. The molecule has 0 aromatic heterocycles. The normalized spacial score (nSPS) is 15.6. The van der Waals surface area contributed by atoms with Gasteiger partial charge in [0.1, 0.15) is 5.75 Å². The number of aryl methyl sites for hydroxylation is 1. The molecule has 3 aromatic carbocycles. The number of ether oxygens (including phenoxy) is 1. The predicted octanol–water partition coefficient (Wildman–Crippen LogP) is 3.68. The number of hydrazone groups is 1. The van der Waals surface area contributed by atoms with E-state index in [1.807, 2.05) is 6.92 Å². The third kappa shape index (κ3) is 4.75. The molecule has 0 saturated carbocycles. The number of esters is 1. The average molecular weight is 465 g/mol. The fourth-order valence-corrected chi connectivity index (χ4v) is 4.30. The van der Waals surface area contributed by atoms with Gasteiger partial charge in [0.2, 0.25) is 0 Å². The Labute approximate surface area is 189 Å². The van der Waals surface area contributed by atoms with Crippen LogP contribution < -0.4 is 9.57 Å². The number of nitrogens with zero attached hydrogens (tertiary/aromatic N) is 2. The van der Waals surface area contributed by atoms with Gasteiger partial charge in [-0.2, -0.15) is 18.4 Å². The summed E-state index contributed by atoms with van der Waals surface area (Å²) < 4.78 is 30.8. The Balaban J connectivity index is 1.72. The van der Waals surface area contributed by atoms with Crippen LogP contribution in [0.3, 0.4) is 0 Å². The molecule has 0 saturated heterocycles. The van der Waals surface area contributed by atoms with Crippen LogP contribution in [0, 0.1) is 17.0 Å². The largest absolute Gasteiger partial charge is 0.426 e. The molecule has 9 nitrogen and oxygen atoms in total. The van der Waals surface area contributed by atoms with Crippen molar-refractivity contribution in [1.29, 1.82) is 0 Å². The second-order valence-electron chi connectivity index (χ2n) is 7.49. The highest BCUT2D eigenvalue weighted by Crippen LogP contribution is 2.37. The van der Waals surface area contributed by atoms with E-state index in [2.05, 4.69) is 9.93 Å². The van der Waals surface area contributed by atoms with Crippen LogP contribution in [0.2, 0.25) is 0 Å². The molecule has 0 aliphatic carbocycles. The number of nitrogens with one attached hydrogen (secondary N) is 1. The summed E-state index contributed by atoms with van der Waals surface area (Å²) in [4.78, 5) is 25.4. The molecule has 0 radical (unpaired) electrons. The van der Waals surface area contributed by atoms with E-state index in [1.165, 1.54) is 30.3 Å². The molecule has 4 rings (SSSR count). The number of benzene rings is 3. The van der Waals surface area contributed by atoms with Crippen molar-refractivity contribution in [1.82, 2.24) is 4.83 Å². The highest BCUT2D eigenvalue weighted by molar-refractivity contribution is 7.89. The number of carbonyl (C=O) groups is 1. The fourth-order valence-electron chi connectivity index (χ4n) is 3.47. The molecule has 33 heavy (non-hydrogen) atoms. The van der Waals surface area contributed by atoms with Crippen LogP contribution in [0.25, 0.3) is 0 Å². The number of nitro groups is 1. The first-order valence-corrected chi connectivity index (χ1v) is 11.4. The SMILES string of the molecule is Cc1ccc(S(=O)(=O)NN=C(CC2C(=O)Oc3ccccc32)c2cccc([N+](=O)[O-])c2)cc1. The Hall–Kier alpha value is -4.05. The molecule has 0 bridgehead atoms. The summed E-state index contributed by atoms with van der Waals surface area (Å²) in [5.41, 5.74) is 1.83. The van der Waals surface area contributed by atoms with Gasteiger partial charge >= 0.3 is 5.97 Å². The molecule has 10 heteroatoms. The summed E-state index contributed by atoms with van der Waals surface area (Å²) in [6, 6.07) is 18.8. The number of fused-ring (bicyclic) bond motifs is 1. The zero-order valence-electron chi connectivity index (χ0n) is 17.5. The quantitative estimate of drug-likeness (QED) is 0.186. The smallest absolute Gasteiger partial charge is 0.319 e. The molecule has 3 aromatic rings. The molecule has 168 valence electrons. The van der Waals surface area contributed by atoms with E-state index in [9.17, 15) is 23.3 Å². The first-order valence-electron chi connectivity index (χ1n) is 9.95. The summed E-state index contributed by atoms with van der Waals surface area (Å²) in [6.07, 6.45) is -0.0204. The van der Waals surface area contributed by atoms with E-state index in [4.69, 9.17) is 4.74 Å². The monoisotopic (exact) mass is 465 g/mol. The molecule has 0 amide bonds. The molecular formula is C23H19N3O6S. The van der Waals surface area contributed by atoms with Gasteiger partial charge in [-0.05, 0) is 25.1 Å². The maximum Gasteiger partial charge on any atom is 0.319 e. The molecular weight excluding hydrogens is 446 g/mol. The molecule has 1 atom stereocenters. The van der Waals surface area contributed by atoms with Crippen molar-refractivity contribution in [3.63, 3.8) is 0 Å². The first-order chi connectivity index (χ1) is 15.7. The Morgan fingerprint density at radius 3 is 2.55 bits per heavy atom. The predicted molar refractivity (Wildman–Crippen MR) is 121 cm³/mol. The minimum absolute atomic E-state index is 0.0147. The van der Waals surface area contributed by atoms with Crippen LogP contribution in [0.15, 0.2) is 82.8 Å². The van der Waals surface area contributed by atoms with Crippen LogP contribution in [0.1, 0.15) is 29.0 Å². The molecule has 1 heterocycles. The molecule has 1 aliphatic rings. The van der Waals surface area contributed by atoms with Crippen molar-refractivity contribution < 1.29 is 22.9 Å². The van der Waals surface area contributed by atoms with Crippen molar-refractivity contribution in [2.75, 3.05) is 0 Å². The van der Waals surface area contributed by atoms with Crippen LogP contribution in [-0.4, -0.2) is 25.0 Å². The third-order valence-electron chi connectivity index (χ3n) is 5.21. The lowest BCUT2D eigenvalue weighted by Gasteiger charge is -2.12. The Kier molecular flexibility index (Phi) is 5.93. The summed E-state index contributed by atoms with van der Waals surface area (Å²) in [5, 5.41) is 15.3. The lowest BCUT2D eigenvalue weighted by atomic mass is 9.92. The summed E-state index contributed by atoms with van der Waals surface area (Å²) in [7, 11) is -4.00. The lowest BCUT2D eigenvalue weighted by molar-refractivity contribution is -0.384. The van der Waals surface area contributed by atoms with E-state index in [0.717, 1.165) is 5.56 Å². The first kappa shape index (κ1) is 22.2. The van der Waals surface area contributed by atoms with Gasteiger partial charge in [0.25, 0.3) is 15.7 Å². The van der Waals surface area contributed by atoms with E-state index in [0.29, 0.717) is 16.9 Å². The number of sulfonamides is 1. The van der Waals surface area contributed by atoms with Crippen LogP contribution >= 0.6 is 0 Å². The van der Waals surface area contributed by atoms with E-state index in [-0.39, 0.29) is 22.7 Å². The summed E-state index contributed by atoms with van der Waals surface area (Å²) >= 11 is 0. The van der Waals surface area contributed by atoms with Gasteiger partial charge in [-0.25, -0.2) is 0 Å². The zero-order valence-corrected chi connectivity index (χ0v) is 18.3. The molecule has 1 N–H and O–H groups in total. The lowest BCUT2D eigenvalue weighted by Crippen LogP contribution is -2.23. The topological polar surface area (TPSA) is 128 Å². The fraction of sp³-hybridized carbons (Fsp3) is 0.130. The third-order valence-corrected chi connectivity index (χ3v) is 6.43. The van der Waals surface area contributed by atoms with E-state index < -0.39 is 26.8 Å². The molecule has 0 fully saturated rings. The second-order valence-corrected chi connectivity index (χ2v) is 9.15. The molecule has 1 unspecified atom stereocenters. The number of para-hydroxylation sites is 1. The highest BCUT2D eigenvalue weighted by atomic mass is 32.2.